The first kappa shape index (κ1) is 31.2. The van der Waals surface area contributed by atoms with Gasteiger partial charge in [-0.05, 0) is 13.8 Å². The van der Waals surface area contributed by atoms with E-state index in [0.717, 1.165) is 6.42 Å². The van der Waals surface area contributed by atoms with Crippen molar-refractivity contribution in [3.8, 4) is 0 Å². The van der Waals surface area contributed by atoms with E-state index in [4.69, 9.17) is 0 Å². The Hall–Kier alpha value is 0.501. The number of unbranched alkanes of at least 4 members (excludes halogenated alkanes) is 1. The molecule has 1 aliphatic rings. The van der Waals surface area contributed by atoms with Crippen LogP contribution in [0.4, 0.5) is 0 Å². The molecule has 0 N–H and O–H groups in total. The van der Waals surface area contributed by atoms with Gasteiger partial charge in [0, 0.05) is 8.07 Å². The first-order valence-electron chi connectivity index (χ1n) is 8.90. The minimum atomic E-state index is -1.61. The molecule has 0 aromatic heterocycles. The third-order valence-electron chi connectivity index (χ3n) is 4.93. The van der Waals surface area contributed by atoms with Crippen LogP contribution in [0.5, 0.6) is 0 Å². The van der Waals surface area contributed by atoms with Gasteiger partial charge in [-0.2, -0.15) is 11.3 Å². The Balaban J connectivity index is -0.00000132. The first-order valence-corrected chi connectivity index (χ1v) is 11.6. The predicted octanol–water partition coefficient (Wildman–Crippen LogP) is -3.20. The molecular weight excluding hydrogens is 435 g/mol. The maximum absolute atomic E-state index is 3.65. The van der Waals surface area contributed by atoms with Gasteiger partial charge in [0.05, 0.1) is 0 Å². The second-order valence-corrected chi connectivity index (χ2v) is 11.3. The zero-order valence-corrected chi connectivity index (χ0v) is 21.5. The van der Waals surface area contributed by atoms with Crippen LogP contribution in [0, 0.1) is 19.9 Å². The van der Waals surface area contributed by atoms with E-state index < -0.39 is 8.07 Å². The minimum absolute atomic E-state index is 0. The van der Waals surface area contributed by atoms with Crippen LogP contribution in [0.25, 0.3) is 0 Å². The van der Waals surface area contributed by atoms with Gasteiger partial charge in [0.2, 0.25) is 0 Å². The number of aryl methyl sites for hydroxylation is 2. The molecule has 0 aliphatic heterocycles. The van der Waals surface area contributed by atoms with Crippen molar-refractivity contribution < 1.29 is 58.9 Å². The zero-order valence-electron chi connectivity index (χ0n) is 16.7. The van der Waals surface area contributed by atoms with Crippen LogP contribution in [-0.2, 0) is 21.7 Å². The van der Waals surface area contributed by atoms with Crippen molar-refractivity contribution in [2.45, 2.75) is 72.4 Å². The van der Waals surface area contributed by atoms with Gasteiger partial charge in [-0.3, -0.25) is 6.08 Å². The monoisotopic (exact) mass is 464 g/mol. The summed E-state index contributed by atoms with van der Waals surface area (Å²) in [6, 6.07) is 8.58. The van der Waals surface area contributed by atoms with E-state index in [2.05, 4.69) is 64.6 Å². The maximum atomic E-state index is 3.65. The zero-order chi connectivity index (χ0) is 16.2. The van der Waals surface area contributed by atoms with Crippen LogP contribution in [0.3, 0.4) is 0 Å². The number of rotatable bonds is 7. The summed E-state index contributed by atoms with van der Waals surface area (Å²) in [5, 5.41) is 3.31. The Kier molecular flexibility index (Phi) is 17.4. The van der Waals surface area contributed by atoms with Crippen molar-refractivity contribution in [1.29, 1.82) is 0 Å². The summed E-state index contributed by atoms with van der Waals surface area (Å²) in [6.07, 6.45) is 12.2. The summed E-state index contributed by atoms with van der Waals surface area (Å²) in [6.45, 7) is 11.7. The molecule has 144 valence electrons. The maximum Gasteiger partial charge on any atom is 4.00 e. The van der Waals surface area contributed by atoms with E-state index in [9.17, 15) is 0 Å². The van der Waals surface area contributed by atoms with Gasteiger partial charge >= 0.3 is 21.7 Å². The van der Waals surface area contributed by atoms with Gasteiger partial charge in [0.15, 0.2) is 0 Å². The number of allylic oxidation sites excluding steroid dienone is 4. The molecule has 2 rings (SSSR count). The molecule has 0 saturated carbocycles. The second-order valence-electron chi connectivity index (χ2n) is 7.04. The average molecular weight is 466 g/mol. The molecule has 0 nitrogen and oxygen atoms in total. The molecule has 26 heavy (non-hydrogen) atoms. The number of hydrogen-bond acceptors (Lipinski definition) is 0. The third-order valence-corrected chi connectivity index (χ3v) is 9.54. The minimum Gasteiger partial charge on any atom is -1.00 e. The number of hydrogen-bond donors (Lipinski definition) is 0. The Morgan fingerprint density at radius 2 is 1.54 bits per heavy atom. The fourth-order valence-corrected chi connectivity index (χ4v) is 8.24. The smallest absolute Gasteiger partial charge is 1.00 e. The molecule has 0 heterocycles. The Labute approximate surface area is 195 Å². The Morgan fingerprint density at radius 3 is 2.04 bits per heavy atom. The van der Waals surface area contributed by atoms with Gasteiger partial charge < -0.3 is 37.2 Å². The molecular formula is C21H31Cl3SiTi. The summed E-state index contributed by atoms with van der Waals surface area (Å²) in [5.41, 5.74) is 4.36. The molecule has 0 saturated heterocycles. The van der Waals surface area contributed by atoms with Gasteiger partial charge in [0.1, 0.15) is 0 Å². The van der Waals surface area contributed by atoms with Gasteiger partial charge in [0.25, 0.3) is 0 Å². The summed E-state index contributed by atoms with van der Waals surface area (Å²) < 4.78 is 0. The molecule has 0 bridgehead atoms. The van der Waals surface area contributed by atoms with Crippen molar-refractivity contribution in [2.24, 2.45) is 0 Å². The Bertz CT molecular complexity index is 579. The quantitative estimate of drug-likeness (QED) is 0.294. The molecule has 0 fully saturated rings. The van der Waals surface area contributed by atoms with Crippen LogP contribution >= 0.6 is 0 Å². The van der Waals surface area contributed by atoms with Crippen molar-refractivity contribution >= 4 is 13.3 Å². The predicted molar refractivity (Wildman–Crippen MR) is 101 cm³/mol. The van der Waals surface area contributed by atoms with Crippen LogP contribution in [0.1, 0.15) is 57.1 Å². The molecule has 0 spiro atoms. The van der Waals surface area contributed by atoms with Crippen LogP contribution in [0.15, 0.2) is 35.0 Å². The van der Waals surface area contributed by atoms with Gasteiger partial charge in [-0.1, -0.05) is 86.6 Å². The van der Waals surface area contributed by atoms with E-state index in [1.165, 1.54) is 48.4 Å². The SMILES string of the molecule is CCCC[Si](C)(C1=CC[C-]=C1CCC)c1cc(C)cc(C)c1.[Cl-].[Cl-].[Cl-].[Ti+4]. The molecule has 1 aliphatic carbocycles. The van der Waals surface area contributed by atoms with E-state index in [0.29, 0.717) is 0 Å². The summed E-state index contributed by atoms with van der Waals surface area (Å²) in [5.74, 6) is 0. The molecule has 1 aromatic rings. The third kappa shape index (κ3) is 7.49. The fraction of sp³-hybridized carbons (Fsp3) is 0.524. The largest absolute Gasteiger partial charge is 4.00 e. The summed E-state index contributed by atoms with van der Waals surface area (Å²) in [4.78, 5) is 0. The molecule has 0 amide bonds. The van der Waals surface area contributed by atoms with Gasteiger partial charge in [-0.15, -0.1) is 6.42 Å². The molecule has 0 radical (unpaired) electrons. The number of benzene rings is 1. The van der Waals surface area contributed by atoms with Crippen molar-refractivity contribution in [3.05, 3.63) is 52.2 Å². The van der Waals surface area contributed by atoms with Crippen LogP contribution in [-0.4, -0.2) is 8.07 Å². The molecule has 1 unspecified atom stereocenters. The van der Waals surface area contributed by atoms with E-state index in [1.807, 2.05) is 0 Å². The second kappa shape index (κ2) is 14.5. The van der Waals surface area contributed by atoms with E-state index in [1.54, 1.807) is 10.4 Å². The summed E-state index contributed by atoms with van der Waals surface area (Å²) in [7, 11) is -1.61. The van der Waals surface area contributed by atoms with Gasteiger partial charge in [-0.25, -0.2) is 5.57 Å². The van der Waals surface area contributed by atoms with E-state index in [-0.39, 0.29) is 58.9 Å². The summed E-state index contributed by atoms with van der Waals surface area (Å²) >= 11 is 0. The topological polar surface area (TPSA) is 0 Å². The molecule has 1 atom stereocenters. The molecule has 5 heteroatoms. The van der Waals surface area contributed by atoms with Crippen LogP contribution in [0.2, 0.25) is 12.6 Å². The van der Waals surface area contributed by atoms with E-state index >= 15 is 0 Å². The fourth-order valence-electron chi connectivity index (χ4n) is 3.78. The normalized spacial score (nSPS) is 14.5. The van der Waals surface area contributed by atoms with Crippen LogP contribution < -0.4 is 42.4 Å². The van der Waals surface area contributed by atoms with Crippen molar-refractivity contribution in [1.82, 2.24) is 0 Å². The average Bonchev–Trinajstić information content (AvgIpc) is 2.93. The van der Waals surface area contributed by atoms with Crippen molar-refractivity contribution in [3.63, 3.8) is 0 Å². The standard InChI is InChI=1S/C21H31Si.3ClH.Ti/c1-6-8-13-22(5,20-15-17(3)14-18(4)16-20)21-12-9-11-19(21)10-7-2;;;;/h12,14-16H,6-10,13H2,1-5H3;3*1H;/q-1;;;;+4/p-3. The van der Waals surface area contributed by atoms with Crippen molar-refractivity contribution in [2.75, 3.05) is 0 Å². The number of halogens is 3. The molecule has 1 aromatic carbocycles. The Morgan fingerprint density at radius 1 is 0.962 bits per heavy atom. The first-order chi connectivity index (χ1) is 10.5.